The third-order valence-electron chi connectivity index (χ3n) is 6.14. The molecule has 0 radical (unpaired) electrons. The zero-order valence-electron chi connectivity index (χ0n) is 19.2. The van der Waals surface area contributed by atoms with E-state index in [1.54, 1.807) is 0 Å². The Morgan fingerprint density at radius 3 is 1.59 bits per heavy atom. The fraction of sp³-hybridized carbons (Fsp3) is 0.920. The van der Waals surface area contributed by atoms with Crippen LogP contribution < -0.4 is 5.32 Å². The van der Waals surface area contributed by atoms with E-state index in [1.165, 1.54) is 89.9 Å². The monoisotopic (exact) mass is 409 g/mol. The van der Waals surface area contributed by atoms with E-state index in [9.17, 15) is 9.59 Å². The first-order chi connectivity index (χ1) is 14.2. The molecular weight excluding hydrogens is 362 g/mol. The predicted molar refractivity (Wildman–Crippen MR) is 121 cm³/mol. The summed E-state index contributed by atoms with van der Waals surface area (Å²) in [6.07, 6.45) is 24.4. The summed E-state index contributed by atoms with van der Waals surface area (Å²) in [7, 11) is 0. The zero-order valence-corrected chi connectivity index (χ0v) is 19.2. The lowest BCUT2D eigenvalue weighted by Crippen LogP contribution is -2.37. The number of carbonyl (C=O) groups is 2. The summed E-state index contributed by atoms with van der Waals surface area (Å²) in [5, 5.41) is 2.68. The summed E-state index contributed by atoms with van der Waals surface area (Å²) < 4.78 is 5.19. The van der Waals surface area contributed by atoms with Gasteiger partial charge in [-0.05, 0) is 19.3 Å². The number of ether oxygens (including phenoxy) is 1. The number of esters is 1. The van der Waals surface area contributed by atoms with Crippen LogP contribution in [0.4, 0.5) is 0 Å². The summed E-state index contributed by atoms with van der Waals surface area (Å²) in [6.45, 7) is 2.78. The molecule has 1 aliphatic rings. The zero-order chi connectivity index (χ0) is 21.0. The van der Waals surface area contributed by atoms with E-state index >= 15 is 0 Å². The molecule has 0 aromatic rings. The molecule has 1 saturated carbocycles. The van der Waals surface area contributed by atoms with Crippen LogP contribution in [-0.4, -0.2) is 25.0 Å². The van der Waals surface area contributed by atoms with E-state index in [4.69, 9.17) is 4.74 Å². The maximum absolute atomic E-state index is 11.6. The molecule has 4 heteroatoms. The van der Waals surface area contributed by atoms with Gasteiger partial charge in [-0.3, -0.25) is 9.59 Å². The molecule has 0 unspecified atom stereocenters. The molecule has 4 nitrogen and oxygen atoms in total. The van der Waals surface area contributed by atoms with Crippen molar-refractivity contribution in [2.75, 3.05) is 13.2 Å². The molecule has 1 rings (SSSR count). The number of hydrogen-bond acceptors (Lipinski definition) is 3. The Labute approximate surface area is 179 Å². The third kappa shape index (κ3) is 15.4. The average Bonchev–Trinajstić information content (AvgIpc) is 2.67. The van der Waals surface area contributed by atoms with Crippen LogP contribution in [0.15, 0.2) is 0 Å². The van der Waals surface area contributed by atoms with Crippen LogP contribution in [-0.2, 0) is 14.3 Å². The molecule has 1 aliphatic carbocycles. The highest BCUT2D eigenvalue weighted by Crippen LogP contribution is 2.26. The second-order valence-corrected chi connectivity index (χ2v) is 8.87. The van der Waals surface area contributed by atoms with E-state index in [-0.39, 0.29) is 24.3 Å². The lowest BCUT2D eigenvalue weighted by atomic mass is 9.85. The molecule has 1 fully saturated rings. The van der Waals surface area contributed by atoms with Crippen molar-refractivity contribution in [2.24, 2.45) is 5.92 Å². The Kier molecular flexibility index (Phi) is 17.0. The Bertz CT molecular complexity index is 407. The number of carbonyl (C=O) groups excluding carboxylic acids is 2. The first-order valence-electron chi connectivity index (χ1n) is 12.7. The standard InChI is InChI=1S/C25H47NO3/c1-2-3-4-5-6-7-8-9-10-11-12-13-14-15-16-17-21-29-24(27)22-26-25(28)23-19-18-20-23/h23H,2-22H2,1H3,(H,26,28). The van der Waals surface area contributed by atoms with Gasteiger partial charge >= 0.3 is 5.97 Å². The van der Waals surface area contributed by atoms with Crippen molar-refractivity contribution in [3.63, 3.8) is 0 Å². The summed E-state index contributed by atoms with van der Waals surface area (Å²) in [4.78, 5) is 23.2. The molecular formula is C25H47NO3. The van der Waals surface area contributed by atoms with E-state index in [1.807, 2.05) is 0 Å². The summed E-state index contributed by atoms with van der Waals surface area (Å²) >= 11 is 0. The highest BCUT2D eigenvalue weighted by atomic mass is 16.5. The predicted octanol–water partition coefficient (Wildman–Crippen LogP) is 6.71. The maximum Gasteiger partial charge on any atom is 0.325 e. The van der Waals surface area contributed by atoms with Crippen molar-refractivity contribution < 1.29 is 14.3 Å². The minimum absolute atomic E-state index is 0.00982. The van der Waals surface area contributed by atoms with Crippen molar-refractivity contribution in [1.29, 1.82) is 0 Å². The highest BCUT2D eigenvalue weighted by molar-refractivity contribution is 5.83. The second-order valence-electron chi connectivity index (χ2n) is 8.87. The average molecular weight is 410 g/mol. The summed E-state index contributed by atoms with van der Waals surface area (Å²) in [5.41, 5.74) is 0. The summed E-state index contributed by atoms with van der Waals surface area (Å²) in [6, 6.07) is 0. The number of hydrogen-bond donors (Lipinski definition) is 1. The Morgan fingerprint density at radius 2 is 1.17 bits per heavy atom. The van der Waals surface area contributed by atoms with Crippen LogP contribution >= 0.6 is 0 Å². The summed E-state index contributed by atoms with van der Waals surface area (Å²) in [5.74, 6) is -0.169. The Hall–Kier alpha value is -1.06. The Morgan fingerprint density at radius 1 is 0.724 bits per heavy atom. The lowest BCUT2D eigenvalue weighted by molar-refractivity contribution is -0.144. The molecule has 0 aromatic carbocycles. The van der Waals surface area contributed by atoms with E-state index in [0.717, 1.165) is 32.1 Å². The van der Waals surface area contributed by atoms with Gasteiger partial charge in [0.2, 0.25) is 5.91 Å². The minimum atomic E-state index is -0.307. The van der Waals surface area contributed by atoms with Gasteiger partial charge in [0.25, 0.3) is 0 Å². The first-order valence-corrected chi connectivity index (χ1v) is 12.7. The van der Waals surface area contributed by atoms with Crippen LogP contribution in [0.1, 0.15) is 129 Å². The molecule has 29 heavy (non-hydrogen) atoms. The first kappa shape index (κ1) is 26.0. The van der Waals surface area contributed by atoms with Crippen molar-refractivity contribution >= 4 is 11.9 Å². The largest absolute Gasteiger partial charge is 0.464 e. The van der Waals surface area contributed by atoms with E-state index in [2.05, 4.69) is 12.2 Å². The molecule has 0 saturated heterocycles. The SMILES string of the molecule is CCCCCCCCCCCCCCCCCCOC(=O)CNC(=O)C1CCC1. The van der Waals surface area contributed by atoms with Crippen molar-refractivity contribution in [3.05, 3.63) is 0 Å². The molecule has 0 spiro atoms. The van der Waals surface area contributed by atoms with Crippen LogP contribution in [0, 0.1) is 5.92 Å². The molecule has 1 N–H and O–H groups in total. The van der Waals surface area contributed by atoms with Crippen molar-refractivity contribution in [2.45, 2.75) is 129 Å². The fourth-order valence-electron chi connectivity index (χ4n) is 3.86. The van der Waals surface area contributed by atoms with Crippen LogP contribution in [0.25, 0.3) is 0 Å². The quantitative estimate of drug-likeness (QED) is 0.180. The molecule has 1 amide bonds. The maximum atomic E-state index is 11.6. The van der Waals surface area contributed by atoms with Crippen LogP contribution in [0.3, 0.4) is 0 Å². The number of rotatable bonds is 20. The lowest BCUT2D eigenvalue weighted by Gasteiger charge is -2.23. The third-order valence-corrected chi connectivity index (χ3v) is 6.14. The van der Waals surface area contributed by atoms with Gasteiger partial charge in [-0.15, -0.1) is 0 Å². The van der Waals surface area contributed by atoms with Gasteiger partial charge < -0.3 is 10.1 Å². The molecule has 0 heterocycles. The molecule has 0 aromatic heterocycles. The molecule has 0 aliphatic heterocycles. The van der Waals surface area contributed by atoms with Gasteiger partial charge in [0, 0.05) is 5.92 Å². The van der Waals surface area contributed by atoms with Crippen molar-refractivity contribution in [1.82, 2.24) is 5.32 Å². The smallest absolute Gasteiger partial charge is 0.325 e. The fourth-order valence-corrected chi connectivity index (χ4v) is 3.86. The molecule has 170 valence electrons. The number of nitrogens with one attached hydrogen (secondary N) is 1. The van der Waals surface area contributed by atoms with Crippen LogP contribution in [0.2, 0.25) is 0 Å². The normalized spacial score (nSPS) is 13.8. The van der Waals surface area contributed by atoms with Gasteiger partial charge in [-0.2, -0.15) is 0 Å². The molecule has 0 atom stereocenters. The van der Waals surface area contributed by atoms with Crippen LogP contribution in [0.5, 0.6) is 0 Å². The topological polar surface area (TPSA) is 55.4 Å². The van der Waals surface area contributed by atoms with Gasteiger partial charge in [0.15, 0.2) is 0 Å². The van der Waals surface area contributed by atoms with E-state index in [0.29, 0.717) is 6.61 Å². The Balaban J connectivity index is 1.71. The number of unbranched alkanes of at least 4 members (excludes halogenated alkanes) is 15. The minimum Gasteiger partial charge on any atom is -0.464 e. The number of amides is 1. The molecule has 0 bridgehead atoms. The van der Waals surface area contributed by atoms with Gasteiger partial charge in [0.1, 0.15) is 6.54 Å². The van der Waals surface area contributed by atoms with Gasteiger partial charge in [-0.25, -0.2) is 0 Å². The van der Waals surface area contributed by atoms with Crippen molar-refractivity contribution in [3.8, 4) is 0 Å². The van der Waals surface area contributed by atoms with Gasteiger partial charge in [-0.1, -0.05) is 110 Å². The van der Waals surface area contributed by atoms with E-state index < -0.39 is 0 Å². The van der Waals surface area contributed by atoms with Gasteiger partial charge in [0.05, 0.1) is 6.61 Å². The second kappa shape index (κ2) is 18.9. The highest BCUT2D eigenvalue weighted by Gasteiger charge is 2.25.